The van der Waals surface area contributed by atoms with E-state index in [-0.39, 0.29) is 0 Å². The molecule has 0 radical (unpaired) electrons. The van der Waals surface area contributed by atoms with Crippen molar-refractivity contribution in [2.75, 3.05) is 70.5 Å². The molecule has 2 saturated heterocycles. The van der Waals surface area contributed by atoms with Gasteiger partial charge in [-0.15, -0.1) is 11.3 Å². The van der Waals surface area contributed by atoms with Gasteiger partial charge in [0.2, 0.25) is 0 Å². The number of nitrogens with one attached hydrogen (secondary N) is 1. The lowest BCUT2D eigenvalue weighted by Crippen LogP contribution is -2.48. The molecule has 5 aromatic rings. The SMILES string of the molecule is OC(COc1ccccc1)CN1CCN(Cc2cc3nc(-c4cccc5[nH]ncc45)nc(N4CCOCC4)c3s2)CC1. The summed E-state index contributed by atoms with van der Waals surface area (Å²) >= 11 is 1.80. The monoisotopic (exact) mass is 585 g/mol. The predicted molar refractivity (Wildman–Crippen MR) is 165 cm³/mol. The third kappa shape index (κ3) is 5.97. The van der Waals surface area contributed by atoms with Crippen molar-refractivity contribution in [3.63, 3.8) is 0 Å². The number of β-amino-alcohol motifs (C(OH)–C–C–N with tert-alkyl or cyclic N) is 1. The van der Waals surface area contributed by atoms with Crippen LogP contribution in [0.2, 0.25) is 0 Å². The Balaban J connectivity index is 1.04. The molecule has 2 fully saturated rings. The molecule has 2 N–H and O–H groups in total. The Morgan fingerprint density at radius 1 is 0.952 bits per heavy atom. The van der Waals surface area contributed by atoms with E-state index in [1.165, 1.54) is 4.88 Å². The van der Waals surface area contributed by atoms with Crippen molar-refractivity contribution in [1.29, 1.82) is 0 Å². The van der Waals surface area contributed by atoms with Gasteiger partial charge in [-0.3, -0.25) is 14.9 Å². The van der Waals surface area contributed by atoms with Gasteiger partial charge in [0.15, 0.2) is 11.6 Å². The third-order valence-electron chi connectivity index (χ3n) is 7.94. The van der Waals surface area contributed by atoms with E-state index < -0.39 is 6.10 Å². The van der Waals surface area contributed by atoms with Gasteiger partial charge in [0.05, 0.1) is 35.1 Å². The molecule has 0 spiro atoms. The molecule has 10 nitrogen and oxygen atoms in total. The van der Waals surface area contributed by atoms with Crippen LogP contribution in [0.3, 0.4) is 0 Å². The van der Waals surface area contributed by atoms with Gasteiger partial charge in [0.25, 0.3) is 0 Å². The molecule has 1 unspecified atom stereocenters. The number of ether oxygens (including phenoxy) is 2. The van der Waals surface area contributed by atoms with Gasteiger partial charge in [-0.05, 0) is 24.3 Å². The summed E-state index contributed by atoms with van der Waals surface area (Å²) in [6.45, 7) is 8.59. The molecule has 3 aromatic heterocycles. The Bertz CT molecular complexity index is 1630. The number of fused-ring (bicyclic) bond motifs is 2. The van der Waals surface area contributed by atoms with Crippen LogP contribution in [-0.4, -0.2) is 107 Å². The normalized spacial score (nSPS) is 17.7. The summed E-state index contributed by atoms with van der Waals surface area (Å²) in [6.07, 6.45) is 1.33. The molecule has 7 rings (SSSR count). The second-order valence-electron chi connectivity index (χ2n) is 10.9. The maximum absolute atomic E-state index is 10.5. The van der Waals surface area contributed by atoms with E-state index in [4.69, 9.17) is 19.4 Å². The Labute approximate surface area is 248 Å². The lowest BCUT2D eigenvalue weighted by molar-refractivity contribution is 0.0448. The second kappa shape index (κ2) is 12.3. The first-order chi connectivity index (χ1) is 20.7. The molecule has 2 aliphatic rings. The number of anilines is 1. The Hall–Kier alpha value is -3.61. The largest absolute Gasteiger partial charge is 0.491 e. The van der Waals surface area contributed by atoms with E-state index in [0.29, 0.717) is 26.4 Å². The molecule has 1 atom stereocenters. The molecule has 218 valence electrons. The van der Waals surface area contributed by atoms with Crippen molar-refractivity contribution in [2.45, 2.75) is 12.6 Å². The zero-order valence-electron chi connectivity index (χ0n) is 23.5. The number of rotatable bonds is 9. The number of hydrogen-bond acceptors (Lipinski definition) is 10. The first-order valence-corrected chi connectivity index (χ1v) is 15.4. The zero-order valence-corrected chi connectivity index (χ0v) is 24.3. The van der Waals surface area contributed by atoms with Gasteiger partial charge < -0.3 is 19.5 Å². The summed E-state index contributed by atoms with van der Waals surface area (Å²) < 4.78 is 12.5. The van der Waals surface area contributed by atoms with Crippen molar-refractivity contribution < 1.29 is 14.6 Å². The van der Waals surface area contributed by atoms with E-state index in [0.717, 1.165) is 89.9 Å². The zero-order chi connectivity index (χ0) is 28.3. The number of benzene rings is 2. The summed E-state index contributed by atoms with van der Waals surface area (Å²) in [5.74, 6) is 2.51. The predicted octanol–water partition coefficient (Wildman–Crippen LogP) is 3.63. The molecule has 11 heteroatoms. The molecule has 0 aliphatic carbocycles. The second-order valence-corrected chi connectivity index (χ2v) is 12.0. The highest BCUT2D eigenvalue weighted by atomic mass is 32.1. The maximum Gasteiger partial charge on any atom is 0.162 e. The topological polar surface area (TPSA) is 103 Å². The fourth-order valence-electron chi connectivity index (χ4n) is 5.73. The van der Waals surface area contributed by atoms with E-state index in [1.807, 2.05) is 48.7 Å². The van der Waals surface area contributed by atoms with Crippen LogP contribution in [0.25, 0.3) is 32.5 Å². The number of aliphatic hydroxyl groups excluding tert-OH is 1. The van der Waals surface area contributed by atoms with Crippen LogP contribution in [0.4, 0.5) is 5.82 Å². The van der Waals surface area contributed by atoms with Crippen LogP contribution < -0.4 is 9.64 Å². The summed E-state index contributed by atoms with van der Waals surface area (Å²) in [5.41, 5.74) is 2.95. The number of morpholine rings is 1. The van der Waals surface area contributed by atoms with Gasteiger partial charge in [0.1, 0.15) is 18.5 Å². The molecular weight excluding hydrogens is 550 g/mol. The summed E-state index contributed by atoms with van der Waals surface area (Å²) in [5, 5.41) is 18.8. The van der Waals surface area contributed by atoms with Gasteiger partial charge in [-0.2, -0.15) is 5.10 Å². The van der Waals surface area contributed by atoms with Crippen molar-refractivity contribution >= 4 is 38.3 Å². The van der Waals surface area contributed by atoms with Crippen LogP contribution in [0.15, 0.2) is 60.8 Å². The van der Waals surface area contributed by atoms with Crippen LogP contribution in [0, 0.1) is 0 Å². The maximum atomic E-state index is 10.5. The van der Waals surface area contributed by atoms with Crippen molar-refractivity contribution in [1.82, 2.24) is 30.0 Å². The number of aliphatic hydroxyl groups is 1. The lowest BCUT2D eigenvalue weighted by atomic mass is 10.1. The van der Waals surface area contributed by atoms with Crippen LogP contribution in [0.5, 0.6) is 5.75 Å². The van der Waals surface area contributed by atoms with Crippen LogP contribution >= 0.6 is 11.3 Å². The number of aromatic amines is 1. The average molecular weight is 586 g/mol. The molecule has 0 amide bonds. The van der Waals surface area contributed by atoms with Gasteiger partial charge in [-0.1, -0.05) is 30.3 Å². The molecule has 2 aliphatic heterocycles. The first kappa shape index (κ1) is 27.2. The lowest BCUT2D eigenvalue weighted by Gasteiger charge is -2.35. The van der Waals surface area contributed by atoms with E-state index in [1.54, 1.807) is 11.3 Å². The fourth-order valence-corrected chi connectivity index (χ4v) is 6.88. The average Bonchev–Trinajstić information content (AvgIpc) is 3.68. The molecule has 0 bridgehead atoms. The van der Waals surface area contributed by atoms with E-state index in [2.05, 4.69) is 37.0 Å². The summed E-state index contributed by atoms with van der Waals surface area (Å²) in [4.78, 5) is 18.6. The quantitative estimate of drug-likeness (QED) is 0.269. The number of H-pyrrole nitrogens is 1. The minimum Gasteiger partial charge on any atom is -0.491 e. The molecule has 0 saturated carbocycles. The Kier molecular flexibility index (Phi) is 7.99. The van der Waals surface area contributed by atoms with Gasteiger partial charge in [-0.25, -0.2) is 9.97 Å². The highest BCUT2D eigenvalue weighted by molar-refractivity contribution is 7.19. The van der Waals surface area contributed by atoms with E-state index in [9.17, 15) is 5.11 Å². The fraction of sp³-hybridized carbons (Fsp3) is 0.387. The van der Waals surface area contributed by atoms with Crippen molar-refractivity contribution in [3.05, 3.63) is 65.7 Å². The summed E-state index contributed by atoms with van der Waals surface area (Å²) in [7, 11) is 0. The van der Waals surface area contributed by atoms with Gasteiger partial charge >= 0.3 is 0 Å². The van der Waals surface area contributed by atoms with E-state index >= 15 is 0 Å². The standard InChI is InChI=1S/C31H35N7O3S/c39-22(21-41-23-5-2-1-3-6-23)19-36-9-11-37(12-10-36)20-24-17-28-29(42-24)31(38-13-15-40-16-14-38)34-30(33-28)25-7-4-8-27-26(25)18-32-35-27/h1-8,17-18,22,39H,9-16,19-21H2,(H,32,35). The van der Waals surface area contributed by atoms with Gasteiger partial charge in [0, 0.05) is 68.2 Å². The summed E-state index contributed by atoms with van der Waals surface area (Å²) in [6, 6.07) is 18.0. The first-order valence-electron chi connectivity index (χ1n) is 14.6. The number of aromatic nitrogens is 4. The number of thiophene rings is 1. The number of piperazine rings is 1. The minimum absolute atomic E-state index is 0.301. The molecule has 42 heavy (non-hydrogen) atoms. The molecule has 2 aromatic carbocycles. The number of nitrogens with zero attached hydrogens (tertiary/aromatic N) is 6. The molecule has 5 heterocycles. The van der Waals surface area contributed by atoms with Crippen LogP contribution in [0.1, 0.15) is 4.88 Å². The minimum atomic E-state index is -0.515. The Morgan fingerprint density at radius 3 is 2.60 bits per heavy atom. The van der Waals surface area contributed by atoms with Crippen LogP contribution in [-0.2, 0) is 11.3 Å². The number of hydrogen-bond donors (Lipinski definition) is 2. The Morgan fingerprint density at radius 2 is 1.76 bits per heavy atom. The third-order valence-corrected chi connectivity index (χ3v) is 9.04. The number of para-hydroxylation sites is 1. The smallest absolute Gasteiger partial charge is 0.162 e. The molecular formula is C31H35N7O3S. The highest BCUT2D eigenvalue weighted by Gasteiger charge is 2.23. The van der Waals surface area contributed by atoms with Crippen molar-refractivity contribution in [3.8, 4) is 17.1 Å². The highest BCUT2D eigenvalue weighted by Crippen LogP contribution is 2.36. The van der Waals surface area contributed by atoms with Crippen molar-refractivity contribution in [2.24, 2.45) is 0 Å².